The van der Waals surface area contributed by atoms with Crippen molar-refractivity contribution >= 4 is 0 Å². The largest absolute Gasteiger partial charge is 0.271 e. The van der Waals surface area contributed by atoms with Gasteiger partial charge in [-0.25, -0.2) is 4.68 Å². The van der Waals surface area contributed by atoms with E-state index in [1.807, 2.05) is 10.9 Å². The fraction of sp³-hybridized carbons (Fsp3) is 0.857. The third-order valence-corrected chi connectivity index (χ3v) is 3.49. The third-order valence-electron chi connectivity index (χ3n) is 3.49. The molecule has 0 saturated heterocycles. The van der Waals surface area contributed by atoms with Crippen LogP contribution in [0, 0.1) is 0 Å². The maximum atomic E-state index is 5.67. The van der Waals surface area contributed by atoms with Gasteiger partial charge in [-0.05, 0) is 12.8 Å². The first-order valence-electron chi connectivity index (χ1n) is 7.68. The van der Waals surface area contributed by atoms with Crippen LogP contribution in [0.3, 0.4) is 0 Å². The van der Waals surface area contributed by atoms with Crippen molar-refractivity contribution in [2.45, 2.75) is 77.8 Å². The second-order valence-electron chi connectivity index (χ2n) is 5.16. The van der Waals surface area contributed by atoms with Crippen LogP contribution in [0.4, 0.5) is 0 Å². The zero-order chi connectivity index (χ0) is 13.9. The van der Waals surface area contributed by atoms with Crippen molar-refractivity contribution in [3.63, 3.8) is 0 Å². The van der Waals surface area contributed by atoms with Crippen LogP contribution in [0.25, 0.3) is 0 Å². The number of hydrogen-bond donors (Lipinski definition) is 2. The topological polar surface area (TPSA) is 68.8 Å². The van der Waals surface area contributed by atoms with Crippen molar-refractivity contribution in [1.29, 1.82) is 0 Å². The van der Waals surface area contributed by atoms with Gasteiger partial charge in [0.1, 0.15) is 0 Å². The van der Waals surface area contributed by atoms with E-state index in [0.29, 0.717) is 0 Å². The number of nitrogens with two attached hydrogens (primary N) is 1. The van der Waals surface area contributed by atoms with Gasteiger partial charge in [0, 0.05) is 6.54 Å². The smallest absolute Gasteiger partial charge is 0.0770 e. The van der Waals surface area contributed by atoms with Gasteiger partial charge in [0.25, 0.3) is 0 Å². The van der Waals surface area contributed by atoms with Gasteiger partial charge in [-0.1, -0.05) is 57.6 Å². The molecule has 1 aromatic heterocycles. The van der Waals surface area contributed by atoms with E-state index < -0.39 is 0 Å². The molecule has 0 aliphatic carbocycles. The first-order chi connectivity index (χ1) is 9.33. The Bertz CT molecular complexity index is 323. The molecule has 1 heterocycles. The van der Waals surface area contributed by atoms with E-state index in [9.17, 15) is 0 Å². The minimum absolute atomic E-state index is 0.174. The molecule has 19 heavy (non-hydrogen) atoms. The number of hydrogen-bond acceptors (Lipinski definition) is 4. The van der Waals surface area contributed by atoms with Crippen molar-refractivity contribution < 1.29 is 0 Å². The molecular formula is C14H29N5. The van der Waals surface area contributed by atoms with Crippen LogP contribution in [-0.2, 0) is 6.54 Å². The van der Waals surface area contributed by atoms with E-state index in [1.165, 1.54) is 38.5 Å². The molecule has 5 nitrogen and oxygen atoms in total. The van der Waals surface area contributed by atoms with Gasteiger partial charge in [-0.15, -0.1) is 5.10 Å². The Balaban J connectivity index is 2.34. The summed E-state index contributed by atoms with van der Waals surface area (Å²) in [5.74, 6) is 5.67. The number of unbranched alkanes of at least 4 members (excludes halogenated alkanes) is 5. The summed E-state index contributed by atoms with van der Waals surface area (Å²) in [5, 5.41) is 8.11. The zero-order valence-corrected chi connectivity index (χ0v) is 12.4. The van der Waals surface area contributed by atoms with Crippen molar-refractivity contribution in [1.82, 2.24) is 20.4 Å². The molecule has 0 amide bonds. The number of aromatic nitrogens is 3. The summed E-state index contributed by atoms with van der Waals surface area (Å²) in [6, 6.07) is 0.174. The Morgan fingerprint density at radius 3 is 2.58 bits per heavy atom. The van der Waals surface area contributed by atoms with Gasteiger partial charge >= 0.3 is 0 Å². The number of nitrogens with one attached hydrogen (secondary N) is 1. The highest BCUT2D eigenvalue weighted by molar-refractivity contribution is 5.01. The van der Waals surface area contributed by atoms with Crippen LogP contribution in [-0.4, -0.2) is 15.0 Å². The number of nitrogens with zero attached hydrogens (tertiary/aromatic N) is 3. The Labute approximate surface area is 116 Å². The second-order valence-corrected chi connectivity index (χ2v) is 5.16. The predicted octanol–water partition coefficient (Wildman–Crippen LogP) is 2.94. The van der Waals surface area contributed by atoms with Crippen LogP contribution < -0.4 is 11.3 Å². The standard InChI is InChI=1S/C14H29N5/c1-3-5-6-7-8-9-10-13(17-15)14-12-16-18-19(14)11-4-2/h12-13,17H,3-11,15H2,1-2H3. The monoisotopic (exact) mass is 267 g/mol. The van der Waals surface area contributed by atoms with Crippen molar-refractivity contribution in [3.8, 4) is 0 Å². The molecule has 3 N–H and O–H groups in total. The van der Waals surface area contributed by atoms with Crippen molar-refractivity contribution in [2.75, 3.05) is 0 Å². The van der Waals surface area contributed by atoms with E-state index in [-0.39, 0.29) is 6.04 Å². The molecular weight excluding hydrogens is 238 g/mol. The number of rotatable bonds is 11. The maximum absolute atomic E-state index is 5.67. The minimum atomic E-state index is 0.174. The Kier molecular flexibility index (Phi) is 8.41. The maximum Gasteiger partial charge on any atom is 0.0770 e. The van der Waals surface area contributed by atoms with E-state index in [2.05, 4.69) is 29.6 Å². The SMILES string of the molecule is CCCCCCCCC(NN)c1cnnn1CCC. The molecule has 0 spiro atoms. The molecule has 1 rings (SSSR count). The summed E-state index contributed by atoms with van der Waals surface area (Å²) in [4.78, 5) is 0. The fourth-order valence-electron chi connectivity index (χ4n) is 2.37. The highest BCUT2D eigenvalue weighted by Crippen LogP contribution is 2.19. The molecule has 0 bridgehead atoms. The lowest BCUT2D eigenvalue weighted by Crippen LogP contribution is -2.30. The van der Waals surface area contributed by atoms with Crippen LogP contribution >= 0.6 is 0 Å². The Morgan fingerprint density at radius 2 is 1.89 bits per heavy atom. The van der Waals surface area contributed by atoms with Crippen LogP contribution in [0.15, 0.2) is 6.20 Å². The third kappa shape index (κ3) is 5.70. The molecule has 5 heteroatoms. The molecule has 0 aliphatic rings. The van der Waals surface area contributed by atoms with E-state index in [4.69, 9.17) is 5.84 Å². The Hall–Kier alpha value is -0.940. The summed E-state index contributed by atoms with van der Waals surface area (Å²) in [7, 11) is 0. The van der Waals surface area contributed by atoms with E-state index in [0.717, 1.165) is 25.1 Å². The molecule has 0 fully saturated rings. The van der Waals surface area contributed by atoms with Gasteiger partial charge in [0.15, 0.2) is 0 Å². The van der Waals surface area contributed by atoms with Crippen molar-refractivity contribution in [3.05, 3.63) is 11.9 Å². The summed E-state index contributed by atoms with van der Waals surface area (Å²) in [6.07, 6.45) is 11.8. The van der Waals surface area contributed by atoms with Crippen LogP contribution in [0.1, 0.15) is 76.9 Å². The summed E-state index contributed by atoms with van der Waals surface area (Å²) in [6.45, 7) is 5.30. The molecule has 1 atom stereocenters. The molecule has 0 aromatic carbocycles. The minimum Gasteiger partial charge on any atom is -0.271 e. The van der Waals surface area contributed by atoms with Crippen molar-refractivity contribution in [2.24, 2.45) is 5.84 Å². The fourth-order valence-corrected chi connectivity index (χ4v) is 2.37. The van der Waals surface area contributed by atoms with Gasteiger partial charge in [-0.3, -0.25) is 11.3 Å². The molecule has 0 radical (unpaired) electrons. The number of hydrazine groups is 1. The lowest BCUT2D eigenvalue weighted by Gasteiger charge is -2.16. The first kappa shape index (κ1) is 16.1. The first-order valence-corrected chi connectivity index (χ1v) is 7.68. The molecule has 110 valence electrons. The number of aryl methyl sites for hydroxylation is 1. The highest BCUT2D eigenvalue weighted by atomic mass is 15.4. The molecule has 1 unspecified atom stereocenters. The lowest BCUT2D eigenvalue weighted by atomic mass is 10.0. The second kappa shape index (κ2) is 9.92. The van der Waals surface area contributed by atoms with Gasteiger partial charge < -0.3 is 0 Å². The molecule has 1 aromatic rings. The summed E-state index contributed by atoms with van der Waals surface area (Å²) in [5.41, 5.74) is 4.01. The Morgan fingerprint density at radius 1 is 1.16 bits per heavy atom. The van der Waals surface area contributed by atoms with Crippen LogP contribution in [0.2, 0.25) is 0 Å². The quantitative estimate of drug-likeness (QED) is 0.367. The highest BCUT2D eigenvalue weighted by Gasteiger charge is 2.14. The molecule has 0 saturated carbocycles. The normalized spacial score (nSPS) is 12.8. The van der Waals surface area contributed by atoms with E-state index in [1.54, 1.807) is 0 Å². The zero-order valence-electron chi connectivity index (χ0n) is 12.4. The average molecular weight is 267 g/mol. The van der Waals surface area contributed by atoms with Crippen LogP contribution in [0.5, 0.6) is 0 Å². The summed E-state index contributed by atoms with van der Waals surface area (Å²) < 4.78 is 1.96. The lowest BCUT2D eigenvalue weighted by molar-refractivity contribution is 0.435. The molecule has 0 aliphatic heterocycles. The van der Waals surface area contributed by atoms with E-state index >= 15 is 0 Å². The van der Waals surface area contributed by atoms with Gasteiger partial charge in [0.2, 0.25) is 0 Å². The summed E-state index contributed by atoms with van der Waals surface area (Å²) >= 11 is 0. The van der Waals surface area contributed by atoms with Gasteiger partial charge in [-0.2, -0.15) is 0 Å². The van der Waals surface area contributed by atoms with Gasteiger partial charge in [0.05, 0.1) is 17.9 Å². The predicted molar refractivity (Wildman–Crippen MR) is 78.4 cm³/mol. The average Bonchev–Trinajstić information content (AvgIpc) is 2.87.